The van der Waals surface area contributed by atoms with Gasteiger partial charge in [-0.3, -0.25) is 14.9 Å². The quantitative estimate of drug-likeness (QED) is 0.405. The fraction of sp³-hybridized carbons (Fsp3) is 0.133. The SMILES string of the molecule is O=C(O)[C@H](Cc1ccc(O)cc1[N+](=O)[O-])NSc1ccccc1. The molecule has 3 N–H and O–H groups in total. The molecule has 0 spiro atoms. The van der Waals surface area contributed by atoms with Gasteiger partial charge in [0.25, 0.3) is 5.69 Å². The highest BCUT2D eigenvalue weighted by molar-refractivity contribution is 7.97. The topological polar surface area (TPSA) is 113 Å². The predicted octanol–water partition coefficient (Wildman–Crippen LogP) is 2.59. The number of nitro groups is 1. The molecule has 0 aromatic heterocycles. The minimum atomic E-state index is -1.11. The maximum atomic E-state index is 11.4. The first-order valence-electron chi connectivity index (χ1n) is 6.64. The Labute approximate surface area is 136 Å². The Morgan fingerprint density at radius 1 is 1.26 bits per heavy atom. The zero-order chi connectivity index (χ0) is 16.8. The molecule has 0 aliphatic heterocycles. The Morgan fingerprint density at radius 2 is 1.96 bits per heavy atom. The minimum absolute atomic E-state index is 0.0776. The summed E-state index contributed by atoms with van der Waals surface area (Å²) in [6.07, 6.45) is -0.0776. The lowest BCUT2D eigenvalue weighted by atomic mass is 10.0. The number of aliphatic carboxylic acids is 1. The molecule has 8 heteroatoms. The molecule has 0 amide bonds. The number of hydrogen-bond acceptors (Lipinski definition) is 6. The third-order valence-corrected chi connectivity index (χ3v) is 3.96. The third-order valence-electron chi connectivity index (χ3n) is 3.05. The van der Waals surface area contributed by atoms with Crippen LogP contribution in [-0.2, 0) is 11.2 Å². The summed E-state index contributed by atoms with van der Waals surface area (Å²) in [5.74, 6) is -1.35. The molecule has 0 unspecified atom stereocenters. The van der Waals surface area contributed by atoms with Crippen molar-refractivity contribution >= 4 is 23.6 Å². The van der Waals surface area contributed by atoms with Gasteiger partial charge in [0.05, 0.1) is 11.0 Å². The number of carbonyl (C=O) groups is 1. The van der Waals surface area contributed by atoms with E-state index in [2.05, 4.69) is 4.72 Å². The van der Waals surface area contributed by atoms with E-state index in [4.69, 9.17) is 0 Å². The van der Waals surface area contributed by atoms with Gasteiger partial charge >= 0.3 is 5.97 Å². The van der Waals surface area contributed by atoms with Crippen molar-refractivity contribution in [3.8, 4) is 5.75 Å². The van der Waals surface area contributed by atoms with Gasteiger partial charge in [-0.05, 0) is 36.2 Å². The van der Waals surface area contributed by atoms with Crippen LogP contribution in [0.3, 0.4) is 0 Å². The van der Waals surface area contributed by atoms with E-state index in [1.54, 1.807) is 0 Å². The highest BCUT2D eigenvalue weighted by atomic mass is 32.2. The maximum Gasteiger partial charge on any atom is 0.321 e. The first-order chi connectivity index (χ1) is 11.0. The summed E-state index contributed by atoms with van der Waals surface area (Å²) in [5.41, 5.74) is -0.0656. The summed E-state index contributed by atoms with van der Waals surface area (Å²) in [6.45, 7) is 0. The minimum Gasteiger partial charge on any atom is -0.508 e. The number of nitrogens with one attached hydrogen (secondary N) is 1. The maximum absolute atomic E-state index is 11.4. The molecule has 23 heavy (non-hydrogen) atoms. The Bertz CT molecular complexity index is 708. The molecule has 0 saturated carbocycles. The molecule has 2 rings (SSSR count). The number of carboxylic acid groups (broad SMARTS) is 1. The Hall–Kier alpha value is -2.58. The number of hydrogen-bond donors (Lipinski definition) is 3. The van der Waals surface area contributed by atoms with Gasteiger partial charge in [-0.25, -0.2) is 4.72 Å². The number of nitrogens with zero attached hydrogens (tertiary/aromatic N) is 1. The van der Waals surface area contributed by atoms with Crippen LogP contribution in [0, 0.1) is 10.1 Å². The lowest BCUT2D eigenvalue weighted by molar-refractivity contribution is -0.385. The summed E-state index contributed by atoms with van der Waals surface area (Å²) < 4.78 is 2.80. The van der Waals surface area contributed by atoms with Crippen molar-refractivity contribution in [1.82, 2.24) is 4.72 Å². The smallest absolute Gasteiger partial charge is 0.321 e. The monoisotopic (exact) mass is 334 g/mol. The number of carboxylic acids is 1. The van der Waals surface area contributed by atoms with Gasteiger partial charge in [-0.2, -0.15) is 0 Å². The van der Waals surface area contributed by atoms with Crippen LogP contribution < -0.4 is 4.72 Å². The van der Waals surface area contributed by atoms with Gasteiger partial charge in [0.1, 0.15) is 11.8 Å². The molecule has 120 valence electrons. The molecule has 0 fully saturated rings. The average molecular weight is 334 g/mol. The van der Waals surface area contributed by atoms with Crippen molar-refractivity contribution in [3.05, 3.63) is 64.2 Å². The van der Waals surface area contributed by atoms with Gasteiger partial charge < -0.3 is 10.2 Å². The molecular weight excluding hydrogens is 320 g/mol. The molecule has 0 aliphatic rings. The highest BCUT2D eigenvalue weighted by Crippen LogP contribution is 2.25. The molecule has 0 radical (unpaired) electrons. The molecule has 1 atom stereocenters. The average Bonchev–Trinajstić information content (AvgIpc) is 2.53. The number of phenols is 1. The number of phenolic OH excluding ortho intramolecular Hbond substituents is 1. The van der Waals surface area contributed by atoms with Crippen LogP contribution in [0.25, 0.3) is 0 Å². The van der Waals surface area contributed by atoms with Crippen LogP contribution in [0.15, 0.2) is 53.4 Å². The molecule has 2 aromatic rings. The van der Waals surface area contributed by atoms with E-state index in [1.807, 2.05) is 30.3 Å². The molecule has 0 saturated heterocycles. The molecule has 7 nitrogen and oxygen atoms in total. The molecule has 0 bridgehead atoms. The van der Waals surface area contributed by atoms with Crippen molar-refractivity contribution < 1.29 is 19.9 Å². The summed E-state index contributed by atoms with van der Waals surface area (Å²) in [6, 6.07) is 11.8. The highest BCUT2D eigenvalue weighted by Gasteiger charge is 2.23. The van der Waals surface area contributed by atoms with Crippen molar-refractivity contribution in [1.29, 1.82) is 0 Å². The zero-order valence-corrected chi connectivity index (χ0v) is 12.7. The van der Waals surface area contributed by atoms with Crippen LogP contribution in [-0.4, -0.2) is 27.1 Å². The summed E-state index contributed by atoms with van der Waals surface area (Å²) >= 11 is 1.14. The van der Waals surface area contributed by atoms with Gasteiger partial charge in [-0.15, -0.1) is 0 Å². The fourth-order valence-corrected chi connectivity index (χ4v) is 2.68. The largest absolute Gasteiger partial charge is 0.508 e. The van der Waals surface area contributed by atoms with Gasteiger partial charge in [-0.1, -0.05) is 18.2 Å². The summed E-state index contributed by atoms with van der Waals surface area (Å²) in [5, 5.41) is 29.7. The normalized spacial score (nSPS) is 11.8. The lowest BCUT2D eigenvalue weighted by Gasteiger charge is -2.14. The number of nitro benzene ring substituents is 1. The van der Waals surface area contributed by atoms with Crippen LogP contribution in [0.2, 0.25) is 0 Å². The Kier molecular flexibility index (Phi) is 5.56. The first kappa shape index (κ1) is 16.8. The summed E-state index contributed by atoms with van der Waals surface area (Å²) in [7, 11) is 0. The van der Waals surface area contributed by atoms with E-state index in [0.29, 0.717) is 0 Å². The Morgan fingerprint density at radius 3 is 2.57 bits per heavy atom. The van der Waals surface area contributed by atoms with E-state index >= 15 is 0 Å². The third kappa shape index (κ3) is 4.70. The predicted molar refractivity (Wildman–Crippen MR) is 85.3 cm³/mol. The number of rotatable bonds is 7. The van der Waals surface area contributed by atoms with E-state index in [0.717, 1.165) is 22.9 Å². The van der Waals surface area contributed by atoms with Crippen LogP contribution in [0.1, 0.15) is 5.56 Å². The van der Waals surface area contributed by atoms with Gasteiger partial charge in [0, 0.05) is 16.9 Å². The van der Waals surface area contributed by atoms with Crippen molar-refractivity contribution in [3.63, 3.8) is 0 Å². The molecule has 0 aliphatic carbocycles. The second-order valence-electron chi connectivity index (χ2n) is 4.70. The Balaban J connectivity index is 2.14. The number of benzene rings is 2. The van der Waals surface area contributed by atoms with Crippen LogP contribution in [0.5, 0.6) is 5.75 Å². The van der Waals surface area contributed by atoms with Crippen molar-refractivity contribution in [2.24, 2.45) is 0 Å². The van der Waals surface area contributed by atoms with E-state index in [9.17, 15) is 25.1 Å². The molecule has 2 aromatic carbocycles. The summed E-state index contributed by atoms with van der Waals surface area (Å²) in [4.78, 5) is 22.6. The standard InChI is InChI=1S/C15H14N2O5S/c18-11-7-6-10(14(9-11)17(21)22)8-13(15(19)20)16-23-12-4-2-1-3-5-12/h1-7,9,13,16,18H,8H2,(H,19,20)/t13-/m0/s1. The first-order valence-corrected chi connectivity index (χ1v) is 7.45. The second kappa shape index (κ2) is 7.61. The lowest BCUT2D eigenvalue weighted by Crippen LogP contribution is -2.34. The second-order valence-corrected chi connectivity index (χ2v) is 5.61. The van der Waals surface area contributed by atoms with Crippen molar-refractivity contribution in [2.45, 2.75) is 17.4 Å². The van der Waals surface area contributed by atoms with E-state index in [-0.39, 0.29) is 23.4 Å². The number of aromatic hydroxyl groups is 1. The van der Waals surface area contributed by atoms with E-state index in [1.165, 1.54) is 12.1 Å². The van der Waals surface area contributed by atoms with Crippen LogP contribution >= 0.6 is 11.9 Å². The fourth-order valence-electron chi connectivity index (χ4n) is 1.92. The van der Waals surface area contributed by atoms with Gasteiger partial charge in [0.2, 0.25) is 0 Å². The van der Waals surface area contributed by atoms with Crippen molar-refractivity contribution in [2.75, 3.05) is 0 Å². The van der Waals surface area contributed by atoms with Crippen LogP contribution in [0.4, 0.5) is 5.69 Å². The van der Waals surface area contributed by atoms with E-state index < -0.39 is 16.9 Å². The zero-order valence-electron chi connectivity index (χ0n) is 11.9. The molecule has 0 heterocycles. The van der Waals surface area contributed by atoms with Gasteiger partial charge in [0.15, 0.2) is 0 Å². The molecular formula is C15H14N2O5S.